The maximum atomic E-state index is 4.23. The van der Waals surface area contributed by atoms with Crippen molar-refractivity contribution < 1.29 is 0 Å². The van der Waals surface area contributed by atoms with Crippen LogP contribution in [0.15, 0.2) is 37.1 Å². The minimum Gasteiger partial charge on any atom is -0.327 e. The monoisotopic (exact) mass is 199 g/mol. The molecule has 1 atom stereocenters. The fourth-order valence-corrected chi connectivity index (χ4v) is 2.33. The van der Waals surface area contributed by atoms with Gasteiger partial charge in [0.25, 0.3) is 0 Å². The van der Waals surface area contributed by atoms with E-state index in [1.54, 1.807) is 0 Å². The largest absolute Gasteiger partial charge is 0.327 e. The highest BCUT2D eigenvalue weighted by Crippen LogP contribution is 2.29. The number of hydrogen-bond acceptors (Lipinski definition) is 2. The molecule has 2 aromatic heterocycles. The van der Waals surface area contributed by atoms with Gasteiger partial charge in [-0.15, -0.1) is 0 Å². The molecule has 0 bridgehead atoms. The Hall–Kier alpha value is -1.64. The summed E-state index contributed by atoms with van der Waals surface area (Å²) in [5.41, 5.74) is 2.69. The molecular formula is C12H13N3. The zero-order valence-corrected chi connectivity index (χ0v) is 8.50. The van der Waals surface area contributed by atoms with Crippen LogP contribution >= 0.6 is 0 Å². The molecular weight excluding hydrogens is 186 g/mol. The normalized spacial score (nSPS) is 19.9. The molecule has 0 spiro atoms. The minimum atomic E-state index is 0.458. The summed E-state index contributed by atoms with van der Waals surface area (Å²) in [6.07, 6.45) is 11.3. The first-order valence-corrected chi connectivity index (χ1v) is 5.36. The highest BCUT2D eigenvalue weighted by molar-refractivity contribution is 5.20. The Bertz CT molecular complexity index is 447. The van der Waals surface area contributed by atoms with Crippen molar-refractivity contribution >= 4 is 0 Å². The molecule has 1 unspecified atom stereocenters. The number of imidazole rings is 1. The number of hydrogen-bond donors (Lipinski definition) is 0. The number of nitrogens with zero attached hydrogens (tertiary/aromatic N) is 3. The lowest BCUT2D eigenvalue weighted by molar-refractivity contribution is 0.457. The van der Waals surface area contributed by atoms with Gasteiger partial charge in [0.05, 0.1) is 12.4 Å². The Kier molecular flexibility index (Phi) is 2.02. The van der Waals surface area contributed by atoms with Crippen LogP contribution in [0.3, 0.4) is 0 Å². The average molecular weight is 199 g/mol. The van der Waals surface area contributed by atoms with E-state index >= 15 is 0 Å². The SMILES string of the molecule is c1cc(C2CCCc3cncn32)ccn1. The number of rotatable bonds is 1. The molecule has 15 heavy (non-hydrogen) atoms. The Morgan fingerprint density at radius 1 is 1.20 bits per heavy atom. The van der Waals surface area contributed by atoms with Crippen LogP contribution in [0.1, 0.15) is 30.1 Å². The van der Waals surface area contributed by atoms with Crippen molar-refractivity contribution in [3.8, 4) is 0 Å². The Morgan fingerprint density at radius 2 is 2.07 bits per heavy atom. The van der Waals surface area contributed by atoms with Gasteiger partial charge in [0.15, 0.2) is 0 Å². The molecule has 0 N–H and O–H groups in total. The van der Waals surface area contributed by atoms with Gasteiger partial charge >= 0.3 is 0 Å². The van der Waals surface area contributed by atoms with Crippen LogP contribution in [0, 0.1) is 0 Å². The van der Waals surface area contributed by atoms with Gasteiger partial charge in [-0.1, -0.05) is 0 Å². The van der Waals surface area contributed by atoms with E-state index in [1.807, 2.05) is 24.9 Å². The topological polar surface area (TPSA) is 30.7 Å². The second-order valence-electron chi connectivity index (χ2n) is 3.98. The van der Waals surface area contributed by atoms with E-state index in [2.05, 4.69) is 26.7 Å². The lowest BCUT2D eigenvalue weighted by atomic mass is 9.97. The lowest BCUT2D eigenvalue weighted by Crippen LogP contribution is -2.17. The summed E-state index contributed by atoms with van der Waals surface area (Å²) in [6.45, 7) is 0. The number of aromatic nitrogens is 3. The molecule has 3 heteroatoms. The molecule has 0 fully saturated rings. The molecule has 0 aromatic carbocycles. The highest BCUT2D eigenvalue weighted by Gasteiger charge is 2.20. The van der Waals surface area contributed by atoms with Gasteiger partial charge < -0.3 is 4.57 Å². The van der Waals surface area contributed by atoms with Gasteiger partial charge in [-0.3, -0.25) is 4.98 Å². The second kappa shape index (κ2) is 3.50. The summed E-state index contributed by atoms with van der Waals surface area (Å²) in [4.78, 5) is 8.29. The quantitative estimate of drug-likeness (QED) is 0.705. The third kappa shape index (κ3) is 1.44. The molecule has 3 rings (SSSR count). The predicted molar refractivity (Wildman–Crippen MR) is 57.5 cm³/mol. The summed E-state index contributed by atoms with van der Waals surface area (Å²) in [7, 11) is 0. The van der Waals surface area contributed by atoms with E-state index in [0.29, 0.717) is 6.04 Å². The van der Waals surface area contributed by atoms with Crippen molar-refractivity contribution in [1.29, 1.82) is 0 Å². The average Bonchev–Trinajstić information content (AvgIpc) is 2.78. The van der Waals surface area contributed by atoms with Crippen LogP contribution in [0.5, 0.6) is 0 Å². The number of aryl methyl sites for hydroxylation is 1. The molecule has 0 radical (unpaired) electrons. The summed E-state index contributed by atoms with van der Waals surface area (Å²) in [5, 5.41) is 0. The van der Waals surface area contributed by atoms with Crippen molar-refractivity contribution in [2.75, 3.05) is 0 Å². The Morgan fingerprint density at radius 3 is 2.93 bits per heavy atom. The van der Waals surface area contributed by atoms with E-state index in [0.717, 1.165) is 6.42 Å². The molecule has 1 aliphatic heterocycles. The summed E-state index contributed by atoms with van der Waals surface area (Å²) >= 11 is 0. The molecule has 3 nitrogen and oxygen atoms in total. The zero-order chi connectivity index (χ0) is 10.1. The molecule has 0 amide bonds. The van der Waals surface area contributed by atoms with Crippen LogP contribution in [0.25, 0.3) is 0 Å². The van der Waals surface area contributed by atoms with Crippen LogP contribution in [-0.4, -0.2) is 14.5 Å². The van der Waals surface area contributed by atoms with Crippen molar-refractivity contribution in [3.63, 3.8) is 0 Å². The molecule has 0 aliphatic carbocycles. The minimum absolute atomic E-state index is 0.458. The Labute approximate surface area is 88.8 Å². The van der Waals surface area contributed by atoms with Crippen molar-refractivity contribution in [2.24, 2.45) is 0 Å². The third-order valence-electron chi connectivity index (χ3n) is 3.08. The van der Waals surface area contributed by atoms with E-state index in [4.69, 9.17) is 0 Å². The molecule has 1 aliphatic rings. The fraction of sp³-hybridized carbons (Fsp3) is 0.333. The van der Waals surface area contributed by atoms with Gasteiger partial charge in [-0.25, -0.2) is 4.98 Å². The number of fused-ring (bicyclic) bond motifs is 1. The highest BCUT2D eigenvalue weighted by atomic mass is 15.1. The number of pyridine rings is 1. The fourth-order valence-electron chi connectivity index (χ4n) is 2.33. The third-order valence-corrected chi connectivity index (χ3v) is 3.08. The van der Waals surface area contributed by atoms with Crippen molar-refractivity contribution in [3.05, 3.63) is 48.3 Å². The van der Waals surface area contributed by atoms with Crippen LogP contribution in [0.2, 0.25) is 0 Å². The molecule has 2 aromatic rings. The Balaban J connectivity index is 2.03. The first kappa shape index (κ1) is 8.65. The standard InChI is InChI=1S/C12H13N3/c1-2-11-8-14-9-15(11)12(3-1)10-4-6-13-7-5-10/h4-9,12H,1-3H2. The first-order valence-electron chi connectivity index (χ1n) is 5.36. The van der Waals surface area contributed by atoms with E-state index < -0.39 is 0 Å². The van der Waals surface area contributed by atoms with Gasteiger partial charge in [-0.2, -0.15) is 0 Å². The molecule has 0 saturated heterocycles. The van der Waals surface area contributed by atoms with E-state index in [-0.39, 0.29) is 0 Å². The van der Waals surface area contributed by atoms with Crippen molar-refractivity contribution in [1.82, 2.24) is 14.5 Å². The maximum absolute atomic E-state index is 4.23. The second-order valence-corrected chi connectivity index (χ2v) is 3.98. The smallest absolute Gasteiger partial charge is 0.0953 e. The summed E-state index contributed by atoms with van der Waals surface area (Å²) in [6, 6.07) is 4.65. The van der Waals surface area contributed by atoms with E-state index in [9.17, 15) is 0 Å². The van der Waals surface area contributed by atoms with Crippen molar-refractivity contribution in [2.45, 2.75) is 25.3 Å². The molecule has 3 heterocycles. The summed E-state index contributed by atoms with van der Waals surface area (Å²) in [5.74, 6) is 0. The van der Waals surface area contributed by atoms with Crippen LogP contribution in [0.4, 0.5) is 0 Å². The van der Waals surface area contributed by atoms with Gasteiger partial charge in [0.2, 0.25) is 0 Å². The van der Waals surface area contributed by atoms with Gasteiger partial charge in [0, 0.05) is 24.3 Å². The zero-order valence-electron chi connectivity index (χ0n) is 8.50. The summed E-state index contributed by atoms with van der Waals surface area (Å²) < 4.78 is 2.29. The first-order chi connectivity index (χ1) is 7.45. The van der Waals surface area contributed by atoms with Crippen LogP contribution < -0.4 is 0 Å². The maximum Gasteiger partial charge on any atom is 0.0953 e. The lowest BCUT2D eigenvalue weighted by Gasteiger charge is -2.25. The van der Waals surface area contributed by atoms with Gasteiger partial charge in [-0.05, 0) is 37.0 Å². The van der Waals surface area contributed by atoms with E-state index in [1.165, 1.54) is 24.1 Å². The molecule has 0 saturated carbocycles. The van der Waals surface area contributed by atoms with Gasteiger partial charge in [0.1, 0.15) is 0 Å². The predicted octanol–water partition coefficient (Wildman–Crippen LogP) is 2.20. The molecule has 76 valence electrons. The van der Waals surface area contributed by atoms with Crippen LogP contribution in [-0.2, 0) is 6.42 Å².